The third-order valence-electron chi connectivity index (χ3n) is 2.52. The fourth-order valence-electron chi connectivity index (χ4n) is 1.53. The van der Waals surface area contributed by atoms with Crippen LogP contribution in [0.2, 0.25) is 5.02 Å². The molecule has 0 unspecified atom stereocenters. The minimum Gasteiger partial charge on any atom is -0.356 e. The normalized spacial score (nSPS) is 10.9. The second-order valence-corrected chi connectivity index (χ2v) is 3.95. The molecule has 0 saturated carbocycles. The zero-order chi connectivity index (χ0) is 11.2. The number of aromatic nitrogens is 1. The predicted molar refractivity (Wildman–Crippen MR) is 59.0 cm³/mol. The van der Waals surface area contributed by atoms with Crippen LogP contribution in [0.25, 0.3) is 10.9 Å². The Hall–Kier alpha value is -1.35. The summed E-state index contributed by atoms with van der Waals surface area (Å²) in [4.78, 5) is 14.7. The maximum Gasteiger partial charge on any atom is 0.192 e. The molecule has 1 aromatic heterocycles. The summed E-state index contributed by atoms with van der Waals surface area (Å²) in [6.07, 6.45) is 0. The molecule has 0 fully saturated rings. The molecule has 78 valence electrons. The van der Waals surface area contributed by atoms with Gasteiger partial charge in [0.15, 0.2) is 5.43 Å². The monoisotopic (exact) mass is 225 g/mol. The molecule has 1 aromatic carbocycles. The molecule has 0 aliphatic carbocycles. The third kappa shape index (κ3) is 1.53. The maximum absolute atomic E-state index is 13.5. The molecule has 2 rings (SSSR count). The Balaban J connectivity index is 3.06. The second kappa shape index (κ2) is 3.35. The van der Waals surface area contributed by atoms with Crippen LogP contribution in [-0.2, 0) is 0 Å². The van der Waals surface area contributed by atoms with Crippen molar-refractivity contribution in [3.05, 3.63) is 44.5 Å². The molecule has 0 atom stereocenters. The first-order valence-corrected chi connectivity index (χ1v) is 4.86. The number of hydrogen-bond donors (Lipinski definition) is 1. The van der Waals surface area contributed by atoms with Gasteiger partial charge >= 0.3 is 0 Å². The maximum atomic E-state index is 13.5. The van der Waals surface area contributed by atoms with E-state index in [4.69, 9.17) is 11.6 Å². The Kier molecular flexibility index (Phi) is 2.27. The van der Waals surface area contributed by atoms with Crippen molar-refractivity contribution in [3.8, 4) is 0 Å². The van der Waals surface area contributed by atoms with Gasteiger partial charge in [0.25, 0.3) is 0 Å². The lowest BCUT2D eigenvalue weighted by Gasteiger charge is -2.05. The van der Waals surface area contributed by atoms with E-state index in [1.54, 1.807) is 13.8 Å². The summed E-state index contributed by atoms with van der Waals surface area (Å²) in [7, 11) is 0. The van der Waals surface area contributed by atoms with Gasteiger partial charge in [0.2, 0.25) is 0 Å². The van der Waals surface area contributed by atoms with Crippen molar-refractivity contribution in [1.29, 1.82) is 0 Å². The zero-order valence-corrected chi connectivity index (χ0v) is 9.07. The lowest BCUT2D eigenvalue weighted by Crippen LogP contribution is -2.10. The molecular formula is C11H9ClFNO. The van der Waals surface area contributed by atoms with E-state index in [0.29, 0.717) is 16.6 Å². The van der Waals surface area contributed by atoms with Crippen molar-refractivity contribution in [2.75, 3.05) is 0 Å². The van der Waals surface area contributed by atoms with E-state index < -0.39 is 5.82 Å². The van der Waals surface area contributed by atoms with Crippen LogP contribution >= 0.6 is 11.6 Å². The fourth-order valence-corrected chi connectivity index (χ4v) is 1.74. The minimum atomic E-state index is -0.502. The van der Waals surface area contributed by atoms with Crippen LogP contribution in [0, 0.1) is 19.7 Å². The molecule has 1 N–H and O–H groups in total. The predicted octanol–water partition coefficient (Wildman–Crippen LogP) is 2.94. The van der Waals surface area contributed by atoms with Crippen molar-refractivity contribution in [2.45, 2.75) is 13.8 Å². The summed E-state index contributed by atoms with van der Waals surface area (Å²) in [6, 6.07) is 2.67. The SMILES string of the molecule is Cc1[nH]c2c(F)cc(Cl)cc2c(=O)c1C. The average molecular weight is 226 g/mol. The molecule has 0 amide bonds. The highest BCUT2D eigenvalue weighted by atomic mass is 35.5. The van der Waals surface area contributed by atoms with Gasteiger partial charge < -0.3 is 4.98 Å². The first kappa shape index (κ1) is 10.2. The van der Waals surface area contributed by atoms with Crippen molar-refractivity contribution >= 4 is 22.5 Å². The molecule has 0 spiro atoms. The molecule has 0 saturated heterocycles. The van der Waals surface area contributed by atoms with Crippen LogP contribution < -0.4 is 5.43 Å². The van der Waals surface area contributed by atoms with Gasteiger partial charge in [-0.25, -0.2) is 4.39 Å². The van der Waals surface area contributed by atoms with Gasteiger partial charge in [0.1, 0.15) is 5.82 Å². The number of pyridine rings is 1. The van der Waals surface area contributed by atoms with Gasteiger partial charge in [0.05, 0.1) is 10.9 Å². The number of halogens is 2. The summed E-state index contributed by atoms with van der Waals surface area (Å²) in [5, 5.41) is 0.525. The van der Waals surface area contributed by atoms with E-state index in [-0.39, 0.29) is 16.0 Å². The molecule has 0 aliphatic rings. The summed E-state index contributed by atoms with van der Waals surface area (Å²) in [6.45, 7) is 3.44. The van der Waals surface area contributed by atoms with E-state index in [1.165, 1.54) is 12.1 Å². The quantitative estimate of drug-likeness (QED) is 0.735. The fraction of sp³-hybridized carbons (Fsp3) is 0.182. The lowest BCUT2D eigenvalue weighted by atomic mass is 10.1. The molecule has 2 aromatic rings. The number of hydrogen-bond acceptors (Lipinski definition) is 1. The molecule has 4 heteroatoms. The van der Waals surface area contributed by atoms with Gasteiger partial charge in [-0.3, -0.25) is 4.79 Å². The van der Waals surface area contributed by atoms with E-state index in [1.807, 2.05) is 0 Å². The van der Waals surface area contributed by atoms with Gasteiger partial charge in [-0.1, -0.05) is 11.6 Å². The molecular weight excluding hydrogens is 217 g/mol. The number of nitrogens with one attached hydrogen (secondary N) is 1. The zero-order valence-electron chi connectivity index (χ0n) is 8.32. The highest BCUT2D eigenvalue weighted by Crippen LogP contribution is 2.20. The Bertz CT molecular complexity index is 604. The van der Waals surface area contributed by atoms with Crippen molar-refractivity contribution in [2.24, 2.45) is 0 Å². The molecule has 2 nitrogen and oxygen atoms in total. The Morgan fingerprint density at radius 1 is 1.33 bits per heavy atom. The second-order valence-electron chi connectivity index (χ2n) is 3.51. The van der Waals surface area contributed by atoms with Crippen LogP contribution in [0.5, 0.6) is 0 Å². The highest BCUT2D eigenvalue weighted by Gasteiger charge is 2.09. The molecule has 0 radical (unpaired) electrons. The number of rotatable bonds is 0. The molecule has 15 heavy (non-hydrogen) atoms. The lowest BCUT2D eigenvalue weighted by molar-refractivity contribution is 0.636. The molecule has 1 heterocycles. The van der Waals surface area contributed by atoms with Crippen molar-refractivity contribution in [3.63, 3.8) is 0 Å². The number of H-pyrrole nitrogens is 1. The molecule has 0 aliphatic heterocycles. The molecule has 0 bridgehead atoms. The Morgan fingerprint density at radius 2 is 2.00 bits per heavy atom. The van der Waals surface area contributed by atoms with E-state index in [9.17, 15) is 9.18 Å². The average Bonchev–Trinajstić information content (AvgIpc) is 2.17. The van der Waals surface area contributed by atoms with Gasteiger partial charge in [-0.15, -0.1) is 0 Å². The van der Waals surface area contributed by atoms with Crippen LogP contribution in [0.4, 0.5) is 4.39 Å². The standard InChI is InChI=1S/C11H9ClFNO/c1-5-6(2)14-10-8(11(5)15)3-7(12)4-9(10)13/h3-4H,1-2H3,(H,14,15). The number of aromatic amines is 1. The number of fused-ring (bicyclic) bond motifs is 1. The Morgan fingerprint density at radius 3 is 2.67 bits per heavy atom. The first-order valence-electron chi connectivity index (χ1n) is 4.49. The van der Waals surface area contributed by atoms with Crippen LogP contribution in [0.1, 0.15) is 11.3 Å². The summed E-state index contributed by atoms with van der Waals surface area (Å²) < 4.78 is 13.5. The number of aryl methyl sites for hydroxylation is 1. The third-order valence-corrected chi connectivity index (χ3v) is 2.73. The van der Waals surface area contributed by atoms with Gasteiger partial charge in [0, 0.05) is 16.3 Å². The van der Waals surface area contributed by atoms with Crippen molar-refractivity contribution in [1.82, 2.24) is 4.98 Å². The van der Waals surface area contributed by atoms with E-state index >= 15 is 0 Å². The van der Waals surface area contributed by atoms with E-state index in [0.717, 1.165) is 0 Å². The minimum absolute atomic E-state index is 0.178. The summed E-state index contributed by atoms with van der Waals surface area (Å²) in [5.41, 5.74) is 1.30. The topological polar surface area (TPSA) is 32.9 Å². The van der Waals surface area contributed by atoms with Crippen molar-refractivity contribution < 1.29 is 4.39 Å². The first-order chi connectivity index (χ1) is 7.00. The smallest absolute Gasteiger partial charge is 0.192 e. The summed E-state index contributed by atoms with van der Waals surface area (Å²) in [5.74, 6) is -0.502. The van der Waals surface area contributed by atoms with E-state index in [2.05, 4.69) is 4.98 Å². The summed E-state index contributed by atoms with van der Waals surface area (Å²) >= 11 is 5.70. The van der Waals surface area contributed by atoms with Crippen LogP contribution in [0.15, 0.2) is 16.9 Å². The largest absolute Gasteiger partial charge is 0.356 e. The highest BCUT2D eigenvalue weighted by molar-refractivity contribution is 6.31. The number of benzene rings is 1. The Labute approximate surface area is 90.7 Å². The van der Waals surface area contributed by atoms with Crippen LogP contribution in [-0.4, -0.2) is 4.98 Å². The van der Waals surface area contributed by atoms with Gasteiger partial charge in [-0.05, 0) is 26.0 Å². The van der Waals surface area contributed by atoms with Gasteiger partial charge in [-0.2, -0.15) is 0 Å². The van der Waals surface area contributed by atoms with Crippen LogP contribution in [0.3, 0.4) is 0 Å².